The van der Waals surface area contributed by atoms with Crippen molar-refractivity contribution in [2.75, 3.05) is 0 Å². The molecule has 1 aromatic carbocycles. The second-order valence-corrected chi connectivity index (χ2v) is 5.78. The van der Waals surface area contributed by atoms with Crippen LogP contribution < -0.4 is 5.32 Å². The van der Waals surface area contributed by atoms with E-state index in [1.165, 1.54) is 0 Å². The van der Waals surface area contributed by atoms with Crippen LogP contribution in [0.3, 0.4) is 0 Å². The van der Waals surface area contributed by atoms with Crippen molar-refractivity contribution < 1.29 is 9.90 Å². The number of aromatic hydroxyl groups is 1. The normalized spacial score (nSPS) is 15.9. The summed E-state index contributed by atoms with van der Waals surface area (Å²) in [6.45, 7) is 0. The molecule has 0 fully saturated rings. The maximum Gasteiger partial charge on any atom is 0.253 e. The largest absolute Gasteiger partial charge is 0.508 e. The Labute approximate surface area is 138 Å². The van der Waals surface area contributed by atoms with Gasteiger partial charge in [-0.05, 0) is 42.2 Å². The number of rotatable bonds is 3. The lowest BCUT2D eigenvalue weighted by Gasteiger charge is -2.14. The van der Waals surface area contributed by atoms with Gasteiger partial charge in [-0.15, -0.1) is 0 Å². The van der Waals surface area contributed by atoms with Crippen LogP contribution in [0.5, 0.6) is 5.75 Å². The summed E-state index contributed by atoms with van der Waals surface area (Å²) in [4.78, 5) is 20.7. The van der Waals surface area contributed by atoms with Crippen molar-refractivity contribution in [1.82, 2.24) is 19.9 Å². The Bertz CT molecular complexity index is 873. The molecule has 1 amide bonds. The third kappa shape index (κ3) is 2.52. The molecule has 0 saturated heterocycles. The van der Waals surface area contributed by atoms with E-state index in [4.69, 9.17) is 0 Å². The molecule has 6 heteroatoms. The molecule has 1 aliphatic carbocycles. The van der Waals surface area contributed by atoms with Gasteiger partial charge >= 0.3 is 0 Å². The van der Waals surface area contributed by atoms with E-state index in [9.17, 15) is 9.90 Å². The standard InChI is InChI=1S/C18H16N4O2/c23-16-3-1-2-13-14(16)5-6-15(13)21-18(24)12-4-7-17(20-10-12)22-9-8-19-11-22/h1-4,7-11,15,23H,5-6H2,(H,21,24)/t15-/m0/s1. The van der Waals surface area contributed by atoms with E-state index in [1.54, 1.807) is 53.8 Å². The first-order valence-electron chi connectivity index (χ1n) is 7.78. The molecule has 2 aromatic heterocycles. The molecule has 24 heavy (non-hydrogen) atoms. The zero-order valence-corrected chi connectivity index (χ0v) is 12.9. The lowest BCUT2D eigenvalue weighted by molar-refractivity contribution is 0.0936. The monoisotopic (exact) mass is 320 g/mol. The summed E-state index contributed by atoms with van der Waals surface area (Å²) >= 11 is 0. The predicted molar refractivity (Wildman–Crippen MR) is 88.0 cm³/mol. The maximum absolute atomic E-state index is 12.5. The third-order valence-corrected chi connectivity index (χ3v) is 4.33. The summed E-state index contributed by atoms with van der Waals surface area (Å²) in [5, 5.41) is 12.9. The number of aromatic nitrogens is 3. The van der Waals surface area contributed by atoms with E-state index in [2.05, 4.69) is 15.3 Å². The van der Waals surface area contributed by atoms with Crippen molar-refractivity contribution in [3.05, 3.63) is 71.9 Å². The highest BCUT2D eigenvalue weighted by molar-refractivity contribution is 5.94. The smallest absolute Gasteiger partial charge is 0.253 e. The van der Waals surface area contributed by atoms with E-state index in [1.807, 2.05) is 6.07 Å². The minimum atomic E-state index is -0.166. The number of imidazole rings is 1. The molecule has 2 heterocycles. The lowest BCUT2D eigenvalue weighted by Crippen LogP contribution is -2.27. The number of fused-ring (bicyclic) bond motifs is 1. The number of nitrogens with zero attached hydrogens (tertiary/aromatic N) is 3. The summed E-state index contributed by atoms with van der Waals surface area (Å²) in [5.74, 6) is 0.844. The third-order valence-electron chi connectivity index (χ3n) is 4.33. The van der Waals surface area contributed by atoms with Gasteiger partial charge in [0.1, 0.15) is 17.9 Å². The minimum Gasteiger partial charge on any atom is -0.508 e. The summed E-state index contributed by atoms with van der Waals surface area (Å²) < 4.78 is 1.78. The van der Waals surface area contributed by atoms with Crippen LogP contribution in [-0.4, -0.2) is 25.5 Å². The molecular weight excluding hydrogens is 304 g/mol. The fourth-order valence-corrected chi connectivity index (χ4v) is 3.09. The molecule has 1 aliphatic rings. The fraction of sp³-hybridized carbons (Fsp3) is 0.167. The Morgan fingerprint density at radius 1 is 1.29 bits per heavy atom. The molecule has 0 radical (unpaired) electrons. The van der Waals surface area contributed by atoms with E-state index < -0.39 is 0 Å². The van der Waals surface area contributed by atoms with Crippen molar-refractivity contribution in [1.29, 1.82) is 0 Å². The lowest BCUT2D eigenvalue weighted by atomic mass is 10.1. The van der Waals surface area contributed by atoms with Crippen LogP contribution in [0, 0.1) is 0 Å². The first-order valence-corrected chi connectivity index (χ1v) is 7.78. The van der Waals surface area contributed by atoms with Crippen LogP contribution in [0.4, 0.5) is 0 Å². The van der Waals surface area contributed by atoms with Crippen molar-refractivity contribution in [2.24, 2.45) is 0 Å². The number of pyridine rings is 1. The highest BCUT2D eigenvalue weighted by Gasteiger charge is 2.26. The Kier molecular flexibility index (Phi) is 3.49. The van der Waals surface area contributed by atoms with Gasteiger partial charge in [-0.3, -0.25) is 9.36 Å². The molecule has 0 bridgehead atoms. The van der Waals surface area contributed by atoms with Gasteiger partial charge in [0.05, 0.1) is 11.6 Å². The van der Waals surface area contributed by atoms with Crippen LogP contribution in [0.2, 0.25) is 0 Å². The van der Waals surface area contributed by atoms with Crippen molar-refractivity contribution in [3.63, 3.8) is 0 Å². The van der Waals surface area contributed by atoms with Crippen LogP contribution in [0.25, 0.3) is 5.82 Å². The fourth-order valence-electron chi connectivity index (χ4n) is 3.09. The summed E-state index contributed by atoms with van der Waals surface area (Å²) in [7, 11) is 0. The van der Waals surface area contributed by atoms with Gasteiger partial charge in [-0.2, -0.15) is 0 Å². The summed E-state index contributed by atoms with van der Waals surface area (Å²) in [6.07, 6.45) is 8.25. The molecule has 0 saturated carbocycles. The van der Waals surface area contributed by atoms with Crippen LogP contribution >= 0.6 is 0 Å². The van der Waals surface area contributed by atoms with Gasteiger partial charge in [-0.25, -0.2) is 9.97 Å². The van der Waals surface area contributed by atoms with Crippen LogP contribution in [0.1, 0.15) is 33.9 Å². The van der Waals surface area contributed by atoms with Crippen molar-refractivity contribution in [3.8, 4) is 11.6 Å². The molecule has 4 rings (SSSR count). The van der Waals surface area contributed by atoms with Crippen molar-refractivity contribution in [2.45, 2.75) is 18.9 Å². The zero-order chi connectivity index (χ0) is 16.5. The number of benzene rings is 1. The number of phenols is 1. The van der Waals surface area contributed by atoms with E-state index >= 15 is 0 Å². The topological polar surface area (TPSA) is 80.0 Å². The maximum atomic E-state index is 12.5. The molecule has 0 unspecified atom stereocenters. The number of hydrogen-bond acceptors (Lipinski definition) is 4. The quantitative estimate of drug-likeness (QED) is 0.776. The summed E-state index contributed by atoms with van der Waals surface area (Å²) in [5.41, 5.74) is 2.43. The van der Waals surface area contributed by atoms with E-state index in [-0.39, 0.29) is 11.9 Å². The predicted octanol–water partition coefficient (Wildman–Crippen LogP) is 2.39. The molecule has 1 atom stereocenters. The molecule has 120 valence electrons. The van der Waals surface area contributed by atoms with Gasteiger partial charge < -0.3 is 10.4 Å². The Hall–Kier alpha value is -3.15. The zero-order valence-electron chi connectivity index (χ0n) is 12.9. The average Bonchev–Trinajstić information content (AvgIpc) is 3.26. The number of nitrogens with one attached hydrogen (secondary N) is 1. The average molecular weight is 320 g/mol. The van der Waals surface area contributed by atoms with E-state index in [0.29, 0.717) is 17.1 Å². The van der Waals surface area contributed by atoms with Gasteiger partial charge in [-0.1, -0.05) is 12.1 Å². The Balaban J connectivity index is 1.51. The number of hydrogen-bond donors (Lipinski definition) is 2. The highest BCUT2D eigenvalue weighted by Crippen LogP contribution is 2.36. The SMILES string of the molecule is O=C(N[C@H]1CCc2c(O)cccc21)c1ccc(-n2ccnc2)nc1. The minimum absolute atomic E-state index is 0.0760. The van der Waals surface area contributed by atoms with Crippen LogP contribution in [0.15, 0.2) is 55.2 Å². The molecular formula is C18H16N4O2. The molecule has 6 nitrogen and oxygen atoms in total. The number of carbonyl (C=O) groups is 1. The van der Waals surface area contributed by atoms with Gasteiger partial charge in [0, 0.05) is 18.6 Å². The number of amides is 1. The Morgan fingerprint density at radius 3 is 2.96 bits per heavy atom. The molecule has 0 spiro atoms. The first kappa shape index (κ1) is 14.4. The van der Waals surface area contributed by atoms with Gasteiger partial charge in [0.15, 0.2) is 0 Å². The number of carbonyl (C=O) groups excluding carboxylic acids is 1. The number of phenolic OH excluding ortho intramolecular Hbond substituents is 1. The first-order chi connectivity index (χ1) is 11.7. The molecule has 3 aromatic rings. The second kappa shape index (κ2) is 5.81. The van der Waals surface area contributed by atoms with E-state index in [0.717, 1.165) is 24.0 Å². The van der Waals surface area contributed by atoms with Crippen molar-refractivity contribution >= 4 is 5.91 Å². The van der Waals surface area contributed by atoms with Gasteiger partial charge in [0.25, 0.3) is 5.91 Å². The summed E-state index contributed by atoms with van der Waals surface area (Å²) in [6, 6.07) is 8.89. The van der Waals surface area contributed by atoms with Gasteiger partial charge in [0.2, 0.25) is 0 Å². The Morgan fingerprint density at radius 2 is 2.21 bits per heavy atom. The second-order valence-electron chi connectivity index (χ2n) is 5.78. The molecule has 0 aliphatic heterocycles. The van der Waals surface area contributed by atoms with Crippen LogP contribution in [-0.2, 0) is 6.42 Å². The molecule has 2 N–H and O–H groups in total. The highest BCUT2D eigenvalue weighted by atomic mass is 16.3.